The Labute approximate surface area is 129 Å². The average Bonchev–Trinajstić information content (AvgIpc) is 2.79. The first-order chi connectivity index (χ1) is 9.86. The third-order valence-corrected chi connectivity index (χ3v) is 3.93. The van der Waals surface area contributed by atoms with E-state index < -0.39 is 0 Å². The standard InChI is InChI=1S/C17H18ClN3/c1-17(2,3)12-7-5-11(6-8-12)16-13-10-19-21(4)14(13)9-15(18)20-16/h5-10H,1-4H3. The molecule has 0 spiro atoms. The summed E-state index contributed by atoms with van der Waals surface area (Å²) < 4.78 is 1.82. The summed E-state index contributed by atoms with van der Waals surface area (Å²) in [7, 11) is 1.91. The lowest BCUT2D eigenvalue weighted by atomic mass is 9.86. The Bertz CT molecular complexity index is 795. The number of halogens is 1. The molecule has 0 N–H and O–H groups in total. The summed E-state index contributed by atoms with van der Waals surface area (Å²) in [6.45, 7) is 6.62. The van der Waals surface area contributed by atoms with Gasteiger partial charge in [-0.25, -0.2) is 4.98 Å². The Hall–Kier alpha value is -1.87. The zero-order valence-corrected chi connectivity index (χ0v) is 13.4. The summed E-state index contributed by atoms with van der Waals surface area (Å²) in [6.07, 6.45) is 1.84. The van der Waals surface area contributed by atoms with Crippen molar-refractivity contribution in [1.29, 1.82) is 0 Å². The van der Waals surface area contributed by atoms with E-state index in [2.05, 4.69) is 55.1 Å². The largest absolute Gasteiger partial charge is 0.268 e. The van der Waals surface area contributed by atoms with Crippen molar-refractivity contribution < 1.29 is 0 Å². The van der Waals surface area contributed by atoms with Crippen LogP contribution in [-0.2, 0) is 12.5 Å². The summed E-state index contributed by atoms with van der Waals surface area (Å²) in [5.74, 6) is 0. The van der Waals surface area contributed by atoms with Gasteiger partial charge >= 0.3 is 0 Å². The second-order valence-electron chi connectivity index (χ2n) is 6.32. The molecule has 3 rings (SSSR count). The molecule has 0 atom stereocenters. The summed E-state index contributed by atoms with van der Waals surface area (Å²) >= 11 is 6.15. The van der Waals surface area contributed by atoms with Crippen LogP contribution in [0.5, 0.6) is 0 Å². The van der Waals surface area contributed by atoms with E-state index >= 15 is 0 Å². The first kappa shape index (κ1) is 14.1. The molecule has 0 saturated heterocycles. The van der Waals surface area contributed by atoms with Crippen molar-refractivity contribution in [3.05, 3.63) is 47.2 Å². The Morgan fingerprint density at radius 1 is 1.10 bits per heavy atom. The molecule has 0 unspecified atom stereocenters. The summed E-state index contributed by atoms with van der Waals surface area (Å²) in [4.78, 5) is 4.49. The highest BCUT2D eigenvalue weighted by Gasteiger charge is 2.15. The number of nitrogens with zero attached hydrogens (tertiary/aromatic N) is 3. The number of aryl methyl sites for hydroxylation is 1. The van der Waals surface area contributed by atoms with Gasteiger partial charge in [0.05, 0.1) is 17.4 Å². The second-order valence-corrected chi connectivity index (χ2v) is 6.71. The zero-order valence-electron chi connectivity index (χ0n) is 12.7. The van der Waals surface area contributed by atoms with Crippen molar-refractivity contribution in [2.24, 2.45) is 7.05 Å². The molecule has 3 nitrogen and oxygen atoms in total. The first-order valence-electron chi connectivity index (χ1n) is 6.95. The van der Waals surface area contributed by atoms with Gasteiger partial charge in [0.1, 0.15) is 5.15 Å². The Morgan fingerprint density at radius 2 is 1.76 bits per heavy atom. The van der Waals surface area contributed by atoms with Gasteiger partial charge in [0, 0.05) is 24.1 Å². The van der Waals surface area contributed by atoms with E-state index in [9.17, 15) is 0 Å². The second kappa shape index (κ2) is 4.85. The minimum absolute atomic E-state index is 0.143. The van der Waals surface area contributed by atoms with Crippen LogP contribution >= 0.6 is 11.6 Å². The van der Waals surface area contributed by atoms with Gasteiger partial charge in [-0.2, -0.15) is 5.10 Å². The van der Waals surface area contributed by atoms with Crippen LogP contribution in [-0.4, -0.2) is 14.8 Å². The molecular weight excluding hydrogens is 282 g/mol. The van der Waals surface area contributed by atoms with Gasteiger partial charge in [0.2, 0.25) is 0 Å². The van der Waals surface area contributed by atoms with E-state index in [0.29, 0.717) is 5.15 Å². The SMILES string of the molecule is Cn1ncc2c(-c3ccc(C(C)(C)C)cc3)nc(Cl)cc21. The van der Waals surface area contributed by atoms with Crippen LogP contribution < -0.4 is 0 Å². The molecule has 0 radical (unpaired) electrons. The van der Waals surface area contributed by atoms with Crippen LogP contribution in [0.15, 0.2) is 36.5 Å². The van der Waals surface area contributed by atoms with E-state index in [1.807, 2.05) is 24.0 Å². The van der Waals surface area contributed by atoms with Gasteiger partial charge in [-0.3, -0.25) is 4.68 Å². The van der Waals surface area contributed by atoms with Crippen molar-refractivity contribution in [2.75, 3.05) is 0 Å². The molecular formula is C17H18ClN3. The smallest absolute Gasteiger partial charge is 0.131 e. The highest BCUT2D eigenvalue weighted by Crippen LogP contribution is 2.30. The summed E-state index contributed by atoms with van der Waals surface area (Å²) in [6, 6.07) is 10.4. The van der Waals surface area contributed by atoms with E-state index in [-0.39, 0.29) is 5.41 Å². The number of fused-ring (bicyclic) bond motifs is 1. The maximum Gasteiger partial charge on any atom is 0.131 e. The van der Waals surface area contributed by atoms with E-state index in [1.54, 1.807) is 0 Å². The average molecular weight is 300 g/mol. The minimum atomic E-state index is 0.143. The molecule has 4 heteroatoms. The molecule has 0 aliphatic heterocycles. The molecule has 0 bridgehead atoms. The van der Waals surface area contributed by atoms with Crippen molar-refractivity contribution >= 4 is 22.5 Å². The van der Waals surface area contributed by atoms with Crippen molar-refractivity contribution in [1.82, 2.24) is 14.8 Å². The van der Waals surface area contributed by atoms with E-state index in [0.717, 1.165) is 22.2 Å². The number of rotatable bonds is 1. The van der Waals surface area contributed by atoms with Crippen LogP contribution in [0, 0.1) is 0 Å². The molecule has 108 valence electrons. The lowest BCUT2D eigenvalue weighted by molar-refractivity contribution is 0.590. The van der Waals surface area contributed by atoms with E-state index in [4.69, 9.17) is 11.6 Å². The fourth-order valence-electron chi connectivity index (χ4n) is 2.46. The van der Waals surface area contributed by atoms with Crippen LogP contribution in [0.25, 0.3) is 22.2 Å². The van der Waals surface area contributed by atoms with Gasteiger partial charge in [0.15, 0.2) is 0 Å². The Kier molecular flexibility index (Phi) is 3.25. The number of pyridine rings is 1. The topological polar surface area (TPSA) is 30.7 Å². The fourth-order valence-corrected chi connectivity index (χ4v) is 2.65. The highest BCUT2D eigenvalue weighted by atomic mass is 35.5. The maximum atomic E-state index is 6.15. The quantitative estimate of drug-likeness (QED) is 0.615. The molecule has 3 aromatic rings. The number of aromatic nitrogens is 3. The van der Waals surface area contributed by atoms with Crippen LogP contribution in [0.3, 0.4) is 0 Å². The molecule has 0 aliphatic carbocycles. The van der Waals surface area contributed by atoms with Gasteiger partial charge in [-0.15, -0.1) is 0 Å². The Balaban J connectivity index is 2.16. The van der Waals surface area contributed by atoms with Crippen LogP contribution in [0.4, 0.5) is 0 Å². The monoisotopic (exact) mass is 299 g/mol. The molecule has 0 amide bonds. The molecule has 0 fully saturated rings. The number of hydrogen-bond acceptors (Lipinski definition) is 2. The van der Waals surface area contributed by atoms with Gasteiger partial charge in [-0.05, 0) is 11.0 Å². The van der Waals surface area contributed by atoms with Crippen molar-refractivity contribution in [2.45, 2.75) is 26.2 Å². The molecule has 1 aromatic carbocycles. The Morgan fingerprint density at radius 3 is 2.38 bits per heavy atom. The predicted molar refractivity (Wildman–Crippen MR) is 87.7 cm³/mol. The molecule has 21 heavy (non-hydrogen) atoms. The van der Waals surface area contributed by atoms with E-state index in [1.165, 1.54) is 5.56 Å². The number of hydrogen-bond donors (Lipinski definition) is 0. The normalized spacial score (nSPS) is 12.0. The van der Waals surface area contributed by atoms with Crippen LogP contribution in [0.2, 0.25) is 5.15 Å². The van der Waals surface area contributed by atoms with Gasteiger partial charge < -0.3 is 0 Å². The zero-order chi connectivity index (χ0) is 15.2. The lowest BCUT2D eigenvalue weighted by Gasteiger charge is -2.19. The predicted octanol–water partition coefficient (Wildman–Crippen LogP) is 4.59. The van der Waals surface area contributed by atoms with Gasteiger partial charge in [0.25, 0.3) is 0 Å². The van der Waals surface area contributed by atoms with Gasteiger partial charge in [-0.1, -0.05) is 56.6 Å². The van der Waals surface area contributed by atoms with Crippen LogP contribution in [0.1, 0.15) is 26.3 Å². The third-order valence-electron chi connectivity index (χ3n) is 3.74. The molecule has 0 saturated carbocycles. The van der Waals surface area contributed by atoms with Crippen molar-refractivity contribution in [3.63, 3.8) is 0 Å². The minimum Gasteiger partial charge on any atom is -0.268 e. The highest BCUT2D eigenvalue weighted by molar-refractivity contribution is 6.30. The molecule has 2 aromatic heterocycles. The lowest BCUT2D eigenvalue weighted by Crippen LogP contribution is -2.10. The van der Waals surface area contributed by atoms with Crippen molar-refractivity contribution in [3.8, 4) is 11.3 Å². The summed E-state index contributed by atoms with van der Waals surface area (Å²) in [5, 5.41) is 5.80. The molecule has 0 aliphatic rings. The molecule has 2 heterocycles. The summed E-state index contributed by atoms with van der Waals surface area (Å²) in [5.41, 5.74) is 4.37. The third kappa shape index (κ3) is 2.54. The maximum absolute atomic E-state index is 6.15. The fraction of sp³-hybridized carbons (Fsp3) is 0.294. The first-order valence-corrected chi connectivity index (χ1v) is 7.33. The number of benzene rings is 1.